The molecular formula is C12H14ClN3S2. The molecule has 0 spiro atoms. The van der Waals surface area contributed by atoms with E-state index in [0.717, 1.165) is 22.5 Å². The molecule has 2 aromatic rings. The standard InChI is InChI=1S/C12H14ClN3S2/c1-12(3-2-4-18-12)7-16-10-9(15-11(16)17)5-8(13)6-14-10/h5-6H,2-4,7H2,1H3,(H,15,17). The summed E-state index contributed by atoms with van der Waals surface area (Å²) in [7, 11) is 0. The van der Waals surface area contributed by atoms with Gasteiger partial charge in [0, 0.05) is 17.5 Å². The second kappa shape index (κ2) is 4.54. The minimum Gasteiger partial charge on any atom is -0.329 e. The fourth-order valence-electron chi connectivity index (χ4n) is 2.46. The van der Waals surface area contributed by atoms with Crippen molar-refractivity contribution in [3.63, 3.8) is 0 Å². The van der Waals surface area contributed by atoms with Crippen molar-refractivity contribution in [3.05, 3.63) is 22.1 Å². The Hall–Kier alpha value is -0.520. The maximum absolute atomic E-state index is 5.95. The fraction of sp³-hybridized carbons (Fsp3) is 0.500. The SMILES string of the molecule is CC1(Cn2c(=S)[nH]c3cc(Cl)cnc32)CCCS1. The summed E-state index contributed by atoms with van der Waals surface area (Å²) in [5.74, 6) is 1.24. The van der Waals surface area contributed by atoms with Crippen molar-refractivity contribution in [2.75, 3.05) is 5.75 Å². The molecule has 1 N–H and O–H groups in total. The molecule has 1 fully saturated rings. The van der Waals surface area contributed by atoms with E-state index >= 15 is 0 Å². The van der Waals surface area contributed by atoms with Gasteiger partial charge in [-0.2, -0.15) is 11.8 Å². The van der Waals surface area contributed by atoms with Crippen LogP contribution in [0.25, 0.3) is 11.2 Å². The molecule has 18 heavy (non-hydrogen) atoms. The van der Waals surface area contributed by atoms with E-state index in [4.69, 9.17) is 23.8 Å². The summed E-state index contributed by atoms with van der Waals surface area (Å²) < 4.78 is 3.10. The number of hydrogen-bond acceptors (Lipinski definition) is 3. The first-order valence-electron chi connectivity index (χ1n) is 5.95. The molecule has 6 heteroatoms. The molecule has 1 aliphatic rings. The van der Waals surface area contributed by atoms with E-state index in [9.17, 15) is 0 Å². The number of hydrogen-bond donors (Lipinski definition) is 1. The van der Waals surface area contributed by atoms with Gasteiger partial charge in [0.05, 0.1) is 10.5 Å². The van der Waals surface area contributed by atoms with Crippen LogP contribution in [0.3, 0.4) is 0 Å². The zero-order valence-corrected chi connectivity index (χ0v) is 12.5. The van der Waals surface area contributed by atoms with E-state index in [1.54, 1.807) is 6.20 Å². The lowest BCUT2D eigenvalue weighted by atomic mass is 10.1. The number of aromatic amines is 1. The molecule has 1 aliphatic heterocycles. The van der Waals surface area contributed by atoms with E-state index in [-0.39, 0.29) is 4.75 Å². The molecule has 0 amide bonds. The van der Waals surface area contributed by atoms with Crippen LogP contribution in [0.4, 0.5) is 0 Å². The van der Waals surface area contributed by atoms with Gasteiger partial charge in [0.1, 0.15) is 0 Å². The first kappa shape index (κ1) is 12.5. The lowest BCUT2D eigenvalue weighted by molar-refractivity contribution is 0.513. The van der Waals surface area contributed by atoms with Crippen LogP contribution in [0.15, 0.2) is 12.3 Å². The summed E-state index contributed by atoms with van der Waals surface area (Å²) in [5.41, 5.74) is 1.82. The molecule has 1 unspecified atom stereocenters. The number of halogens is 1. The Morgan fingerprint density at radius 1 is 1.67 bits per heavy atom. The van der Waals surface area contributed by atoms with Gasteiger partial charge < -0.3 is 9.55 Å². The van der Waals surface area contributed by atoms with Crippen LogP contribution in [0.5, 0.6) is 0 Å². The second-order valence-corrected chi connectivity index (χ2v) is 7.45. The molecule has 1 atom stereocenters. The average molecular weight is 300 g/mol. The molecule has 0 aliphatic carbocycles. The fourth-order valence-corrected chi connectivity index (χ4v) is 4.17. The number of fused-ring (bicyclic) bond motifs is 1. The molecule has 3 rings (SSSR count). The number of rotatable bonds is 2. The normalized spacial score (nSPS) is 23.9. The number of H-pyrrole nitrogens is 1. The predicted octanol–water partition coefficient (Wildman–Crippen LogP) is 4.03. The molecule has 3 heterocycles. The highest BCUT2D eigenvalue weighted by atomic mass is 35.5. The summed E-state index contributed by atoms with van der Waals surface area (Å²) in [4.78, 5) is 7.58. The van der Waals surface area contributed by atoms with Gasteiger partial charge >= 0.3 is 0 Å². The smallest absolute Gasteiger partial charge is 0.179 e. The zero-order valence-electron chi connectivity index (χ0n) is 10.1. The highest BCUT2D eigenvalue weighted by molar-refractivity contribution is 8.00. The number of pyridine rings is 1. The first-order valence-corrected chi connectivity index (χ1v) is 7.73. The summed E-state index contributed by atoms with van der Waals surface area (Å²) in [6, 6.07) is 1.88. The Morgan fingerprint density at radius 3 is 3.22 bits per heavy atom. The van der Waals surface area contributed by atoms with Gasteiger partial charge in [-0.05, 0) is 43.8 Å². The molecular weight excluding hydrogens is 286 g/mol. The van der Waals surface area contributed by atoms with Crippen LogP contribution in [0, 0.1) is 4.77 Å². The maximum atomic E-state index is 5.95. The third-order valence-electron chi connectivity index (χ3n) is 3.37. The third-order valence-corrected chi connectivity index (χ3v) is 5.42. The van der Waals surface area contributed by atoms with Gasteiger partial charge in [0.25, 0.3) is 0 Å². The van der Waals surface area contributed by atoms with E-state index in [2.05, 4.69) is 21.5 Å². The number of thioether (sulfide) groups is 1. The van der Waals surface area contributed by atoms with Gasteiger partial charge in [0.2, 0.25) is 0 Å². The topological polar surface area (TPSA) is 33.6 Å². The molecule has 1 saturated heterocycles. The predicted molar refractivity (Wildman–Crippen MR) is 80.0 cm³/mol. The summed E-state index contributed by atoms with van der Waals surface area (Å²) in [6.07, 6.45) is 4.20. The van der Waals surface area contributed by atoms with E-state index in [0.29, 0.717) is 5.02 Å². The van der Waals surface area contributed by atoms with Crippen molar-refractivity contribution in [2.24, 2.45) is 0 Å². The lowest BCUT2D eigenvalue weighted by Gasteiger charge is -2.23. The van der Waals surface area contributed by atoms with Crippen LogP contribution in [-0.4, -0.2) is 25.0 Å². The van der Waals surface area contributed by atoms with E-state index in [1.807, 2.05) is 17.8 Å². The largest absolute Gasteiger partial charge is 0.329 e. The number of imidazole rings is 1. The van der Waals surface area contributed by atoms with Gasteiger partial charge in [-0.25, -0.2) is 4.98 Å². The van der Waals surface area contributed by atoms with Crippen molar-refractivity contribution in [1.82, 2.24) is 14.5 Å². The van der Waals surface area contributed by atoms with Crippen molar-refractivity contribution in [1.29, 1.82) is 0 Å². The third kappa shape index (κ3) is 2.19. The Morgan fingerprint density at radius 2 is 2.50 bits per heavy atom. The van der Waals surface area contributed by atoms with Crippen molar-refractivity contribution >= 4 is 46.7 Å². The zero-order chi connectivity index (χ0) is 12.8. The quantitative estimate of drug-likeness (QED) is 0.850. The number of nitrogens with zero attached hydrogens (tertiary/aromatic N) is 2. The highest BCUT2D eigenvalue weighted by Gasteiger charge is 2.30. The monoisotopic (exact) mass is 299 g/mol. The minimum absolute atomic E-state index is 0.272. The summed E-state index contributed by atoms with van der Waals surface area (Å²) >= 11 is 13.4. The number of aromatic nitrogens is 3. The maximum Gasteiger partial charge on any atom is 0.179 e. The Labute approximate surface area is 120 Å². The Kier molecular flexibility index (Phi) is 3.16. The molecule has 0 aromatic carbocycles. The molecule has 3 nitrogen and oxygen atoms in total. The highest BCUT2D eigenvalue weighted by Crippen LogP contribution is 2.39. The Balaban J connectivity index is 2.06. The van der Waals surface area contributed by atoms with Crippen molar-refractivity contribution < 1.29 is 0 Å². The minimum atomic E-state index is 0.272. The van der Waals surface area contributed by atoms with Crippen LogP contribution < -0.4 is 0 Å². The van der Waals surface area contributed by atoms with Crippen LogP contribution in [-0.2, 0) is 6.54 Å². The van der Waals surface area contributed by atoms with Gasteiger partial charge in [0.15, 0.2) is 10.4 Å². The Bertz CT molecular complexity index is 640. The van der Waals surface area contributed by atoms with E-state index < -0.39 is 0 Å². The number of nitrogens with one attached hydrogen (secondary N) is 1. The second-order valence-electron chi connectivity index (χ2n) is 4.94. The van der Waals surface area contributed by atoms with Crippen LogP contribution >= 0.6 is 35.6 Å². The van der Waals surface area contributed by atoms with E-state index in [1.165, 1.54) is 18.6 Å². The summed E-state index contributed by atoms with van der Waals surface area (Å²) in [5, 5.41) is 0.632. The summed E-state index contributed by atoms with van der Waals surface area (Å²) in [6.45, 7) is 3.21. The molecule has 96 valence electrons. The van der Waals surface area contributed by atoms with Gasteiger partial charge in [-0.3, -0.25) is 0 Å². The molecule has 2 aromatic heterocycles. The van der Waals surface area contributed by atoms with Crippen LogP contribution in [0.2, 0.25) is 5.02 Å². The first-order chi connectivity index (χ1) is 8.57. The van der Waals surface area contributed by atoms with Crippen molar-refractivity contribution in [2.45, 2.75) is 31.1 Å². The average Bonchev–Trinajstić information content (AvgIpc) is 2.85. The molecule has 0 saturated carbocycles. The van der Waals surface area contributed by atoms with Crippen molar-refractivity contribution in [3.8, 4) is 0 Å². The lowest BCUT2D eigenvalue weighted by Crippen LogP contribution is -2.23. The molecule has 0 radical (unpaired) electrons. The van der Waals surface area contributed by atoms with Crippen LogP contribution in [0.1, 0.15) is 19.8 Å². The van der Waals surface area contributed by atoms with Gasteiger partial charge in [-0.1, -0.05) is 11.6 Å². The molecule has 0 bridgehead atoms. The van der Waals surface area contributed by atoms with Gasteiger partial charge in [-0.15, -0.1) is 0 Å².